The number of urea groups is 1. The molecular weight excluding hydrogens is 528 g/mol. The first-order valence-electron chi connectivity index (χ1n) is 14.4. The SMILES string of the molecule is C[N+]1(C(=O)NCc2ccccc2)CCC(=O)N2C(Cc3ccc(O)cc3)C(=O)N(Cc3cccc4ccccc34)CC21. The van der Waals surface area contributed by atoms with Crippen LogP contribution in [-0.2, 0) is 29.1 Å². The molecule has 4 aromatic rings. The van der Waals surface area contributed by atoms with E-state index in [0.29, 0.717) is 26.1 Å². The van der Waals surface area contributed by atoms with Crippen molar-refractivity contribution in [2.24, 2.45) is 0 Å². The first-order chi connectivity index (χ1) is 20.3. The average Bonchev–Trinajstić information content (AvgIpc) is 3.01. The van der Waals surface area contributed by atoms with Crippen molar-refractivity contribution in [2.45, 2.75) is 38.1 Å². The van der Waals surface area contributed by atoms with Gasteiger partial charge in [0.1, 0.15) is 11.8 Å². The van der Waals surface area contributed by atoms with Gasteiger partial charge < -0.3 is 15.3 Å². The maximum atomic E-state index is 14.2. The second kappa shape index (κ2) is 11.3. The molecule has 3 atom stereocenters. The van der Waals surface area contributed by atoms with Gasteiger partial charge in [-0.25, -0.2) is 9.28 Å². The highest BCUT2D eigenvalue weighted by atomic mass is 16.3. The maximum absolute atomic E-state index is 14.2. The number of quaternary nitrogens is 1. The van der Waals surface area contributed by atoms with E-state index in [1.54, 1.807) is 29.2 Å². The predicted molar refractivity (Wildman–Crippen MR) is 160 cm³/mol. The smallest absolute Gasteiger partial charge is 0.418 e. The number of carbonyl (C=O) groups excluding carboxylic acids is 3. The molecule has 0 bridgehead atoms. The van der Waals surface area contributed by atoms with Crippen molar-refractivity contribution in [3.63, 3.8) is 0 Å². The van der Waals surface area contributed by atoms with Gasteiger partial charge in [-0.2, -0.15) is 0 Å². The molecule has 0 aliphatic carbocycles. The van der Waals surface area contributed by atoms with E-state index in [4.69, 9.17) is 0 Å². The first kappa shape index (κ1) is 27.5. The highest BCUT2D eigenvalue weighted by molar-refractivity contribution is 5.91. The zero-order chi connectivity index (χ0) is 29.3. The summed E-state index contributed by atoms with van der Waals surface area (Å²) in [6.45, 7) is 1.35. The van der Waals surface area contributed by atoms with E-state index in [1.165, 1.54) is 0 Å². The molecule has 4 aromatic carbocycles. The first-order valence-corrected chi connectivity index (χ1v) is 14.4. The number of piperazine rings is 1. The van der Waals surface area contributed by atoms with Crippen LogP contribution in [0.15, 0.2) is 97.1 Å². The third-order valence-electron chi connectivity index (χ3n) is 8.73. The normalized spacial score (nSPS) is 22.2. The van der Waals surface area contributed by atoms with Crippen LogP contribution in [-0.4, -0.2) is 69.6 Å². The molecule has 6 rings (SSSR count). The molecule has 2 saturated heterocycles. The average molecular weight is 564 g/mol. The fourth-order valence-electron chi connectivity index (χ4n) is 6.32. The third kappa shape index (κ3) is 5.21. The number of likely N-dealkylation sites (N-methyl/N-ethyl adjacent to an activating group) is 1. The summed E-state index contributed by atoms with van der Waals surface area (Å²) in [7, 11) is 1.87. The van der Waals surface area contributed by atoms with Crippen molar-refractivity contribution in [3.05, 3.63) is 114 Å². The summed E-state index contributed by atoms with van der Waals surface area (Å²) >= 11 is 0. The summed E-state index contributed by atoms with van der Waals surface area (Å²) in [6.07, 6.45) is -0.0789. The van der Waals surface area contributed by atoms with Crippen molar-refractivity contribution in [1.82, 2.24) is 15.1 Å². The monoisotopic (exact) mass is 563 g/mol. The molecule has 3 unspecified atom stereocenters. The van der Waals surface area contributed by atoms with E-state index in [0.717, 1.165) is 27.5 Å². The molecule has 4 amide bonds. The largest absolute Gasteiger partial charge is 0.508 e. The summed E-state index contributed by atoms with van der Waals surface area (Å²) in [5.74, 6) is -0.121. The molecular formula is C34H35N4O4+. The van der Waals surface area contributed by atoms with Crippen LogP contribution in [0, 0.1) is 0 Å². The molecule has 0 spiro atoms. The fraction of sp³-hybridized carbons (Fsp3) is 0.265. The molecule has 8 heteroatoms. The highest BCUT2D eigenvalue weighted by Gasteiger charge is 2.56. The maximum Gasteiger partial charge on any atom is 0.418 e. The van der Waals surface area contributed by atoms with Crippen LogP contribution in [0.1, 0.15) is 23.1 Å². The fourth-order valence-corrected chi connectivity index (χ4v) is 6.32. The van der Waals surface area contributed by atoms with Crippen molar-refractivity contribution in [2.75, 3.05) is 20.1 Å². The van der Waals surface area contributed by atoms with Gasteiger partial charge in [0.05, 0.1) is 26.6 Å². The van der Waals surface area contributed by atoms with E-state index in [9.17, 15) is 19.5 Å². The minimum absolute atomic E-state index is 0.0238. The lowest BCUT2D eigenvalue weighted by molar-refractivity contribution is -0.872. The third-order valence-corrected chi connectivity index (χ3v) is 8.73. The number of phenolic OH excluding ortho intramolecular Hbond substituents is 1. The van der Waals surface area contributed by atoms with Crippen LogP contribution >= 0.6 is 0 Å². The van der Waals surface area contributed by atoms with Crippen molar-refractivity contribution in [3.8, 4) is 5.75 Å². The predicted octanol–water partition coefficient (Wildman–Crippen LogP) is 4.41. The van der Waals surface area contributed by atoms with E-state index in [1.807, 2.05) is 66.5 Å². The van der Waals surface area contributed by atoms with E-state index in [-0.39, 0.29) is 41.0 Å². The molecule has 2 aliphatic rings. The Morgan fingerprint density at radius 3 is 2.40 bits per heavy atom. The number of rotatable bonds is 6. The number of hydrogen-bond donors (Lipinski definition) is 2. The second-order valence-corrected chi connectivity index (χ2v) is 11.4. The Morgan fingerprint density at radius 1 is 0.905 bits per heavy atom. The molecule has 2 heterocycles. The molecule has 0 radical (unpaired) electrons. The number of amides is 4. The Bertz CT molecular complexity index is 1620. The molecule has 2 aliphatic heterocycles. The summed E-state index contributed by atoms with van der Waals surface area (Å²) in [5.41, 5.74) is 2.84. The van der Waals surface area contributed by atoms with Gasteiger partial charge >= 0.3 is 6.03 Å². The van der Waals surface area contributed by atoms with Crippen LogP contribution in [0.4, 0.5) is 4.79 Å². The summed E-state index contributed by atoms with van der Waals surface area (Å²) in [4.78, 5) is 45.1. The van der Waals surface area contributed by atoms with Gasteiger partial charge in [-0.05, 0) is 39.6 Å². The van der Waals surface area contributed by atoms with Crippen molar-refractivity contribution in [1.29, 1.82) is 0 Å². The summed E-state index contributed by atoms with van der Waals surface area (Å²) < 4.78 is -0.0238. The number of hydrogen-bond acceptors (Lipinski definition) is 4. The molecule has 214 valence electrons. The van der Waals surface area contributed by atoms with E-state index < -0.39 is 12.2 Å². The van der Waals surface area contributed by atoms with Gasteiger partial charge in [0, 0.05) is 19.5 Å². The molecule has 8 nitrogen and oxygen atoms in total. The number of benzene rings is 4. The lowest BCUT2D eigenvalue weighted by Crippen LogP contribution is -2.78. The quantitative estimate of drug-likeness (QED) is 0.340. The Morgan fingerprint density at radius 2 is 1.62 bits per heavy atom. The number of carbonyl (C=O) groups is 3. The standard InChI is InChI=1S/C34H34N4O4/c1-38(34(42)35-21-25-8-3-2-4-9-25)19-18-32(40)37-30(20-24-14-16-28(39)17-15-24)33(41)36(23-31(37)38)22-27-12-7-11-26-10-5-6-13-29(26)27/h2-17,30-31H,18-23H2,1H3,(H-,35,39,42)/p+1. The topological polar surface area (TPSA) is 90.0 Å². The molecule has 42 heavy (non-hydrogen) atoms. The van der Waals surface area contributed by atoms with Gasteiger partial charge in [-0.3, -0.25) is 14.5 Å². The van der Waals surface area contributed by atoms with E-state index >= 15 is 0 Å². The zero-order valence-corrected chi connectivity index (χ0v) is 23.6. The Balaban J connectivity index is 1.35. The number of nitrogens with one attached hydrogen (secondary N) is 1. The lowest BCUT2D eigenvalue weighted by Gasteiger charge is -2.54. The van der Waals surface area contributed by atoms with Gasteiger partial charge in [0.15, 0.2) is 6.17 Å². The Kier molecular flexibility index (Phi) is 7.39. The number of phenols is 1. The lowest BCUT2D eigenvalue weighted by atomic mass is 9.95. The second-order valence-electron chi connectivity index (χ2n) is 11.4. The molecule has 2 N–H and O–H groups in total. The van der Waals surface area contributed by atoms with Gasteiger partial charge in [-0.15, -0.1) is 0 Å². The minimum Gasteiger partial charge on any atom is -0.508 e. The van der Waals surface area contributed by atoms with Gasteiger partial charge in [0.25, 0.3) is 0 Å². The van der Waals surface area contributed by atoms with Crippen molar-refractivity contribution < 1.29 is 24.0 Å². The number of aromatic hydroxyl groups is 1. The number of nitrogens with zero attached hydrogens (tertiary/aromatic N) is 3. The Hall–Kier alpha value is -4.69. The van der Waals surface area contributed by atoms with Crippen molar-refractivity contribution >= 4 is 28.6 Å². The van der Waals surface area contributed by atoms with Gasteiger partial charge in [-0.1, -0.05) is 84.9 Å². The molecule has 0 aromatic heterocycles. The molecule has 2 fully saturated rings. The van der Waals surface area contributed by atoms with Crippen LogP contribution in [0.25, 0.3) is 10.8 Å². The van der Waals surface area contributed by atoms with Crippen LogP contribution in [0.2, 0.25) is 0 Å². The van der Waals surface area contributed by atoms with Crippen LogP contribution in [0.3, 0.4) is 0 Å². The summed E-state index contributed by atoms with van der Waals surface area (Å²) in [6, 6.07) is 29.7. The highest BCUT2D eigenvalue weighted by Crippen LogP contribution is 2.33. The summed E-state index contributed by atoms with van der Waals surface area (Å²) in [5, 5.41) is 15.1. The Labute approximate surface area is 245 Å². The molecule has 0 saturated carbocycles. The van der Waals surface area contributed by atoms with Crippen LogP contribution in [0.5, 0.6) is 5.75 Å². The van der Waals surface area contributed by atoms with E-state index in [2.05, 4.69) is 23.5 Å². The zero-order valence-electron chi connectivity index (χ0n) is 23.6. The number of fused-ring (bicyclic) bond motifs is 2. The minimum atomic E-state index is -0.768. The van der Waals surface area contributed by atoms with Gasteiger partial charge in [0.2, 0.25) is 11.8 Å². The van der Waals surface area contributed by atoms with Crippen LogP contribution < -0.4 is 5.32 Å².